The number of pyridine rings is 1. The Labute approximate surface area is 113 Å². The number of aryl methyl sites for hydroxylation is 2. The zero-order valence-electron chi connectivity index (χ0n) is 11.1. The molecule has 7 heteroatoms. The second kappa shape index (κ2) is 4.44. The summed E-state index contributed by atoms with van der Waals surface area (Å²) < 4.78 is 1.41. The van der Waals surface area contributed by atoms with Gasteiger partial charge < -0.3 is 4.98 Å². The summed E-state index contributed by atoms with van der Waals surface area (Å²) in [6.07, 6.45) is 0. The molecule has 102 valence electrons. The first kappa shape index (κ1) is 12.3. The van der Waals surface area contributed by atoms with Crippen LogP contribution in [0.5, 0.6) is 0 Å². The predicted octanol–water partition coefficient (Wildman–Crippen LogP) is 0.803. The van der Waals surface area contributed by atoms with Crippen molar-refractivity contribution >= 4 is 11.2 Å². The maximum Gasteiger partial charge on any atom is 0.330 e. The van der Waals surface area contributed by atoms with Crippen molar-refractivity contribution < 1.29 is 0 Å². The summed E-state index contributed by atoms with van der Waals surface area (Å²) in [7, 11) is 0. The molecule has 0 fully saturated rings. The van der Waals surface area contributed by atoms with E-state index in [2.05, 4.69) is 19.9 Å². The normalized spacial score (nSPS) is 11.1. The first-order valence-electron chi connectivity index (χ1n) is 6.27. The minimum absolute atomic E-state index is 0.282. The van der Waals surface area contributed by atoms with Crippen LogP contribution in [0.15, 0.2) is 27.8 Å². The quantitative estimate of drug-likeness (QED) is 0.720. The number of hydrogen-bond acceptors (Lipinski definition) is 4. The summed E-state index contributed by atoms with van der Waals surface area (Å²) in [6, 6.07) is 5.54. The van der Waals surface area contributed by atoms with E-state index in [1.165, 1.54) is 4.57 Å². The molecule has 0 aromatic carbocycles. The number of rotatable bonds is 2. The summed E-state index contributed by atoms with van der Waals surface area (Å²) in [5, 5.41) is 0. The molecule has 0 unspecified atom stereocenters. The van der Waals surface area contributed by atoms with Crippen LogP contribution in [0.1, 0.15) is 12.6 Å². The fourth-order valence-electron chi connectivity index (χ4n) is 2.13. The lowest BCUT2D eigenvalue weighted by Gasteiger charge is -1.99. The maximum absolute atomic E-state index is 11.8. The smallest absolute Gasteiger partial charge is 0.330 e. The Hall–Kier alpha value is -2.70. The van der Waals surface area contributed by atoms with Gasteiger partial charge in [-0.25, -0.2) is 14.8 Å². The van der Waals surface area contributed by atoms with E-state index in [1.807, 2.05) is 26.0 Å². The number of nitrogens with zero attached hydrogens (tertiary/aromatic N) is 3. The Bertz CT molecular complexity index is 903. The molecule has 20 heavy (non-hydrogen) atoms. The molecule has 3 heterocycles. The predicted molar refractivity (Wildman–Crippen MR) is 74.6 cm³/mol. The third-order valence-corrected chi connectivity index (χ3v) is 3.08. The van der Waals surface area contributed by atoms with Gasteiger partial charge in [-0.15, -0.1) is 0 Å². The van der Waals surface area contributed by atoms with Crippen LogP contribution in [-0.4, -0.2) is 24.5 Å². The van der Waals surface area contributed by atoms with Crippen molar-refractivity contribution in [3.63, 3.8) is 0 Å². The zero-order chi connectivity index (χ0) is 14.3. The SMILES string of the molecule is CCn1c(=O)[nH]c(=O)c2[nH]c(-c3cccc(C)n3)nc21. The first-order valence-corrected chi connectivity index (χ1v) is 6.27. The van der Waals surface area contributed by atoms with Gasteiger partial charge in [-0.3, -0.25) is 14.3 Å². The Morgan fingerprint density at radius 3 is 2.70 bits per heavy atom. The van der Waals surface area contributed by atoms with Crippen molar-refractivity contribution in [1.29, 1.82) is 0 Å². The molecule has 0 saturated heterocycles. The van der Waals surface area contributed by atoms with Crippen LogP contribution in [0.2, 0.25) is 0 Å². The van der Waals surface area contributed by atoms with Crippen LogP contribution in [-0.2, 0) is 6.54 Å². The maximum atomic E-state index is 11.8. The molecule has 0 amide bonds. The van der Waals surface area contributed by atoms with Gasteiger partial charge in [0, 0.05) is 12.2 Å². The van der Waals surface area contributed by atoms with E-state index in [4.69, 9.17) is 0 Å². The summed E-state index contributed by atoms with van der Waals surface area (Å²) in [6.45, 7) is 4.12. The highest BCUT2D eigenvalue weighted by Crippen LogP contribution is 2.16. The summed E-state index contributed by atoms with van der Waals surface area (Å²) in [4.78, 5) is 37.4. The standard InChI is InChI=1S/C13H13N5O2/c1-3-18-11-9(12(19)17-13(18)20)15-10(16-11)8-6-4-5-7(2)14-8/h4-6H,3H2,1-2H3,(H,15,16)(H,17,19,20). The number of nitrogens with one attached hydrogen (secondary N) is 2. The first-order chi connectivity index (χ1) is 9.60. The minimum Gasteiger partial charge on any atom is -0.331 e. The molecule has 0 bridgehead atoms. The molecule has 0 radical (unpaired) electrons. The van der Waals surface area contributed by atoms with E-state index in [1.54, 1.807) is 6.07 Å². The molecule has 0 atom stereocenters. The van der Waals surface area contributed by atoms with Gasteiger partial charge in [0.15, 0.2) is 11.5 Å². The molecule has 2 N–H and O–H groups in total. The number of hydrogen-bond donors (Lipinski definition) is 2. The number of H-pyrrole nitrogens is 2. The molecule has 7 nitrogen and oxygen atoms in total. The van der Waals surface area contributed by atoms with E-state index in [0.29, 0.717) is 23.7 Å². The largest absolute Gasteiger partial charge is 0.331 e. The average Bonchev–Trinajstić information content (AvgIpc) is 2.84. The lowest BCUT2D eigenvalue weighted by molar-refractivity contribution is 0.720. The van der Waals surface area contributed by atoms with Crippen molar-refractivity contribution in [1.82, 2.24) is 24.5 Å². The van der Waals surface area contributed by atoms with Crippen molar-refractivity contribution in [2.24, 2.45) is 0 Å². The number of imidazole rings is 1. The highest BCUT2D eigenvalue weighted by atomic mass is 16.2. The van der Waals surface area contributed by atoms with Gasteiger partial charge in [-0.05, 0) is 26.0 Å². The fraction of sp³-hybridized carbons (Fsp3) is 0.231. The van der Waals surface area contributed by atoms with Gasteiger partial charge >= 0.3 is 5.69 Å². The molecule has 0 spiro atoms. The topological polar surface area (TPSA) is 96.4 Å². The highest BCUT2D eigenvalue weighted by molar-refractivity contribution is 5.74. The summed E-state index contributed by atoms with van der Waals surface area (Å²) in [5.41, 5.74) is 1.19. The van der Waals surface area contributed by atoms with Crippen LogP contribution >= 0.6 is 0 Å². The zero-order valence-corrected chi connectivity index (χ0v) is 11.1. The molecule has 3 aromatic rings. The third kappa shape index (κ3) is 1.83. The van der Waals surface area contributed by atoms with Gasteiger partial charge in [0.2, 0.25) is 0 Å². The molecule has 3 rings (SSSR count). The monoisotopic (exact) mass is 271 g/mol. The highest BCUT2D eigenvalue weighted by Gasteiger charge is 2.13. The van der Waals surface area contributed by atoms with Gasteiger partial charge in [-0.1, -0.05) is 6.07 Å². The molecule has 3 aromatic heterocycles. The van der Waals surface area contributed by atoms with Gasteiger partial charge in [0.1, 0.15) is 11.2 Å². The Kier molecular flexibility index (Phi) is 2.74. The van der Waals surface area contributed by atoms with E-state index in [0.717, 1.165) is 5.69 Å². The van der Waals surface area contributed by atoms with Crippen LogP contribution in [0.4, 0.5) is 0 Å². The van der Waals surface area contributed by atoms with E-state index in [9.17, 15) is 9.59 Å². The summed E-state index contributed by atoms with van der Waals surface area (Å²) in [5.74, 6) is 0.474. The number of fused-ring (bicyclic) bond motifs is 1. The second-order valence-corrected chi connectivity index (χ2v) is 4.45. The number of aromatic nitrogens is 5. The van der Waals surface area contributed by atoms with Crippen molar-refractivity contribution in [2.45, 2.75) is 20.4 Å². The van der Waals surface area contributed by atoms with Crippen LogP contribution in [0.25, 0.3) is 22.7 Å². The lowest BCUT2D eigenvalue weighted by Crippen LogP contribution is -2.29. The van der Waals surface area contributed by atoms with Crippen molar-refractivity contribution in [3.05, 3.63) is 44.7 Å². The fourth-order valence-corrected chi connectivity index (χ4v) is 2.13. The molecular weight excluding hydrogens is 258 g/mol. The second-order valence-electron chi connectivity index (χ2n) is 4.45. The van der Waals surface area contributed by atoms with Crippen molar-refractivity contribution in [3.8, 4) is 11.5 Å². The van der Waals surface area contributed by atoms with Gasteiger partial charge in [-0.2, -0.15) is 0 Å². The Morgan fingerprint density at radius 1 is 1.20 bits per heavy atom. The molecule has 0 saturated carbocycles. The molecule has 0 aliphatic carbocycles. The Balaban J connectivity index is 2.33. The number of aromatic amines is 2. The van der Waals surface area contributed by atoms with Gasteiger partial charge in [0.05, 0.1) is 0 Å². The lowest BCUT2D eigenvalue weighted by atomic mass is 10.3. The molecule has 0 aliphatic rings. The van der Waals surface area contributed by atoms with Gasteiger partial charge in [0.25, 0.3) is 5.56 Å². The van der Waals surface area contributed by atoms with E-state index < -0.39 is 11.2 Å². The average molecular weight is 271 g/mol. The summed E-state index contributed by atoms with van der Waals surface area (Å²) >= 11 is 0. The van der Waals surface area contributed by atoms with Crippen LogP contribution in [0.3, 0.4) is 0 Å². The third-order valence-electron chi connectivity index (χ3n) is 3.08. The van der Waals surface area contributed by atoms with Crippen LogP contribution in [0, 0.1) is 6.92 Å². The van der Waals surface area contributed by atoms with E-state index >= 15 is 0 Å². The Morgan fingerprint density at radius 2 is 2.00 bits per heavy atom. The van der Waals surface area contributed by atoms with E-state index in [-0.39, 0.29) is 5.52 Å². The molecular formula is C13H13N5O2. The van der Waals surface area contributed by atoms with Crippen molar-refractivity contribution in [2.75, 3.05) is 0 Å². The van der Waals surface area contributed by atoms with Crippen LogP contribution < -0.4 is 11.2 Å². The minimum atomic E-state index is -0.471. The molecule has 0 aliphatic heterocycles.